The monoisotopic (exact) mass is 415 g/mol. The van der Waals surface area contributed by atoms with Crippen LogP contribution in [0.1, 0.15) is 43.5 Å². The molecule has 0 N–H and O–H groups in total. The van der Waals surface area contributed by atoms with Crippen LogP contribution in [0.4, 0.5) is 5.69 Å². The molecule has 1 unspecified atom stereocenters. The Balaban J connectivity index is 1.55. The van der Waals surface area contributed by atoms with Gasteiger partial charge < -0.3 is 13.8 Å². The van der Waals surface area contributed by atoms with E-state index in [0.717, 1.165) is 5.69 Å². The molecule has 1 aromatic carbocycles. The number of amides is 1. The number of halogens is 1. The smallest absolute Gasteiger partial charge is 0.293 e. The number of rotatable bonds is 4. The van der Waals surface area contributed by atoms with Gasteiger partial charge in [-0.25, -0.2) is 0 Å². The number of furan rings is 1. The molecule has 1 fully saturated rings. The Morgan fingerprint density at radius 2 is 2.12 bits per heavy atom. The van der Waals surface area contributed by atoms with Crippen LogP contribution >= 0.6 is 15.9 Å². The summed E-state index contributed by atoms with van der Waals surface area (Å²) in [6, 6.07) is 11.6. The fraction of sp³-hybridized carbons (Fsp3) is 0.316. The summed E-state index contributed by atoms with van der Waals surface area (Å²) >= 11 is 3.25. The van der Waals surface area contributed by atoms with E-state index in [1.54, 1.807) is 17.0 Å². The molecule has 1 aliphatic heterocycles. The number of nitrogens with zero attached hydrogens (tertiary/aromatic N) is 3. The molecule has 2 aromatic heterocycles. The first-order valence-electron chi connectivity index (χ1n) is 8.51. The summed E-state index contributed by atoms with van der Waals surface area (Å²) in [6.45, 7) is 4.82. The molecule has 1 amide bonds. The van der Waals surface area contributed by atoms with Gasteiger partial charge >= 0.3 is 0 Å². The lowest BCUT2D eigenvalue weighted by Gasteiger charge is -2.18. The maximum atomic E-state index is 12.5. The molecule has 134 valence electrons. The normalized spacial score (nSPS) is 17.5. The first kappa shape index (κ1) is 17.0. The highest BCUT2D eigenvalue weighted by Crippen LogP contribution is 2.33. The number of carbonyl (C=O) groups is 1. The summed E-state index contributed by atoms with van der Waals surface area (Å²) in [5.74, 6) is 1.74. The van der Waals surface area contributed by atoms with Crippen molar-refractivity contribution < 1.29 is 13.7 Å². The second kappa shape index (κ2) is 6.72. The lowest BCUT2D eigenvalue weighted by atomic mass is 10.0. The van der Waals surface area contributed by atoms with Crippen molar-refractivity contribution in [3.8, 4) is 11.7 Å². The number of carbonyl (C=O) groups excluding carboxylic acids is 1. The van der Waals surface area contributed by atoms with Gasteiger partial charge in [0.05, 0.1) is 0 Å². The Labute approximate surface area is 159 Å². The minimum absolute atomic E-state index is 0.0722. The standard InChI is InChI=1S/C19H18BrN3O3/c1-11(2)12-4-3-5-14(8-12)23-10-13(9-17(23)24)18-21-19(26-22-18)15-6-7-16(20)25-15/h3-8,11,13H,9-10H2,1-2H3. The third kappa shape index (κ3) is 3.19. The van der Waals surface area contributed by atoms with E-state index in [0.29, 0.717) is 41.0 Å². The Morgan fingerprint density at radius 3 is 2.85 bits per heavy atom. The highest BCUT2D eigenvalue weighted by Gasteiger charge is 2.35. The fourth-order valence-electron chi connectivity index (χ4n) is 3.11. The van der Waals surface area contributed by atoms with E-state index in [4.69, 9.17) is 8.94 Å². The van der Waals surface area contributed by atoms with Crippen LogP contribution in [0.25, 0.3) is 11.7 Å². The second-order valence-electron chi connectivity index (χ2n) is 6.72. The van der Waals surface area contributed by atoms with Gasteiger partial charge in [-0.2, -0.15) is 4.98 Å². The summed E-state index contributed by atoms with van der Waals surface area (Å²) in [4.78, 5) is 18.7. The van der Waals surface area contributed by atoms with Crippen LogP contribution < -0.4 is 4.90 Å². The van der Waals surface area contributed by atoms with Gasteiger partial charge in [-0.15, -0.1) is 0 Å². The molecule has 1 saturated heterocycles. The molecule has 4 rings (SSSR count). The molecule has 0 bridgehead atoms. The highest BCUT2D eigenvalue weighted by molar-refractivity contribution is 9.10. The Morgan fingerprint density at radius 1 is 1.27 bits per heavy atom. The third-order valence-electron chi connectivity index (χ3n) is 4.56. The van der Waals surface area contributed by atoms with Gasteiger partial charge in [-0.1, -0.05) is 31.1 Å². The summed E-state index contributed by atoms with van der Waals surface area (Å²) in [6.07, 6.45) is 0.368. The van der Waals surface area contributed by atoms with Crippen molar-refractivity contribution in [3.05, 3.63) is 52.5 Å². The van der Waals surface area contributed by atoms with Gasteiger partial charge in [-0.3, -0.25) is 4.79 Å². The minimum Gasteiger partial charge on any atom is -0.444 e. The van der Waals surface area contributed by atoms with E-state index < -0.39 is 0 Å². The maximum Gasteiger partial charge on any atom is 0.293 e. The molecule has 6 nitrogen and oxygen atoms in total. The van der Waals surface area contributed by atoms with Crippen molar-refractivity contribution in [2.45, 2.75) is 32.1 Å². The van der Waals surface area contributed by atoms with Crippen molar-refractivity contribution in [1.82, 2.24) is 10.1 Å². The molecular weight excluding hydrogens is 398 g/mol. The van der Waals surface area contributed by atoms with Gasteiger partial charge in [0.25, 0.3) is 5.89 Å². The topological polar surface area (TPSA) is 72.4 Å². The van der Waals surface area contributed by atoms with Crippen LogP contribution in [0.2, 0.25) is 0 Å². The summed E-state index contributed by atoms with van der Waals surface area (Å²) < 4.78 is 11.3. The van der Waals surface area contributed by atoms with Gasteiger partial charge in [-0.05, 0) is 51.7 Å². The lowest BCUT2D eigenvalue weighted by molar-refractivity contribution is -0.117. The quantitative estimate of drug-likeness (QED) is 0.615. The molecule has 26 heavy (non-hydrogen) atoms. The van der Waals surface area contributed by atoms with Gasteiger partial charge in [0.15, 0.2) is 16.3 Å². The number of aromatic nitrogens is 2. The Hall–Kier alpha value is -2.41. The second-order valence-corrected chi connectivity index (χ2v) is 7.50. The van der Waals surface area contributed by atoms with Gasteiger partial charge in [0.2, 0.25) is 5.91 Å². The predicted octanol–water partition coefficient (Wildman–Crippen LogP) is 4.74. The van der Waals surface area contributed by atoms with Crippen LogP contribution in [0.5, 0.6) is 0 Å². The molecule has 3 aromatic rings. The largest absolute Gasteiger partial charge is 0.444 e. The highest BCUT2D eigenvalue weighted by atomic mass is 79.9. The van der Waals surface area contributed by atoms with Crippen LogP contribution in [0.15, 0.2) is 50.0 Å². The number of hydrogen-bond donors (Lipinski definition) is 0. The lowest BCUT2D eigenvalue weighted by Crippen LogP contribution is -2.24. The molecule has 0 saturated carbocycles. The Bertz CT molecular complexity index is 947. The Kier molecular flexibility index (Phi) is 4.40. The summed E-state index contributed by atoms with van der Waals surface area (Å²) in [7, 11) is 0. The molecule has 0 aliphatic carbocycles. The molecule has 7 heteroatoms. The van der Waals surface area contributed by atoms with Crippen molar-refractivity contribution in [3.63, 3.8) is 0 Å². The van der Waals surface area contributed by atoms with Crippen molar-refractivity contribution >= 4 is 27.5 Å². The number of benzene rings is 1. The molecular formula is C19H18BrN3O3. The summed E-state index contributed by atoms with van der Waals surface area (Å²) in [5.41, 5.74) is 2.13. The van der Waals surface area contributed by atoms with E-state index in [9.17, 15) is 4.79 Å². The SMILES string of the molecule is CC(C)c1cccc(N2CC(c3noc(-c4ccc(Br)o4)n3)CC2=O)c1. The van der Waals surface area contributed by atoms with E-state index >= 15 is 0 Å². The van der Waals surface area contributed by atoms with Crippen LogP contribution in [0.3, 0.4) is 0 Å². The first-order chi connectivity index (χ1) is 12.5. The van der Waals surface area contributed by atoms with Crippen LogP contribution in [-0.4, -0.2) is 22.6 Å². The van der Waals surface area contributed by atoms with E-state index in [2.05, 4.69) is 52.1 Å². The van der Waals surface area contributed by atoms with Gasteiger partial charge in [0.1, 0.15) is 0 Å². The molecule has 1 atom stereocenters. The number of hydrogen-bond acceptors (Lipinski definition) is 5. The number of anilines is 1. The van der Waals surface area contributed by atoms with E-state index in [1.807, 2.05) is 12.1 Å². The molecule has 0 spiro atoms. The average molecular weight is 416 g/mol. The molecule has 0 radical (unpaired) electrons. The van der Waals surface area contributed by atoms with E-state index in [-0.39, 0.29) is 11.8 Å². The zero-order valence-corrected chi connectivity index (χ0v) is 16.1. The van der Waals surface area contributed by atoms with Crippen LogP contribution in [0, 0.1) is 0 Å². The predicted molar refractivity (Wildman–Crippen MR) is 99.9 cm³/mol. The first-order valence-corrected chi connectivity index (χ1v) is 9.30. The fourth-order valence-corrected chi connectivity index (χ4v) is 3.42. The minimum atomic E-state index is -0.0962. The van der Waals surface area contributed by atoms with Crippen molar-refractivity contribution in [1.29, 1.82) is 0 Å². The third-order valence-corrected chi connectivity index (χ3v) is 4.99. The van der Waals surface area contributed by atoms with Gasteiger partial charge in [0, 0.05) is 24.6 Å². The average Bonchev–Trinajstić information content (AvgIpc) is 3.34. The molecule has 1 aliphatic rings. The zero-order valence-electron chi connectivity index (χ0n) is 14.5. The van der Waals surface area contributed by atoms with Crippen molar-refractivity contribution in [2.24, 2.45) is 0 Å². The van der Waals surface area contributed by atoms with E-state index in [1.165, 1.54) is 5.56 Å². The summed E-state index contributed by atoms with van der Waals surface area (Å²) in [5, 5.41) is 4.05. The van der Waals surface area contributed by atoms with Crippen LogP contribution in [-0.2, 0) is 4.79 Å². The maximum absolute atomic E-state index is 12.5. The molecule has 3 heterocycles. The van der Waals surface area contributed by atoms with Crippen molar-refractivity contribution in [2.75, 3.05) is 11.4 Å². The zero-order chi connectivity index (χ0) is 18.3.